The number of methoxy groups -OCH3 is 1. The zero-order valence-electron chi connectivity index (χ0n) is 10.3. The standard InChI is InChI=1S/C13H16BrN3O/c1-18-9-3-6-15-13-16-7-8-17(13)12-5-2-4-11(14)10-12/h2,4-5,7-8,10H,3,6,9H2,1H3,(H,15,16). The van der Waals surface area contributed by atoms with Gasteiger partial charge in [0.2, 0.25) is 5.95 Å². The van der Waals surface area contributed by atoms with Crippen molar-refractivity contribution >= 4 is 21.9 Å². The maximum atomic E-state index is 5.02. The van der Waals surface area contributed by atoms with Crippen molar-refractivity contribution in [1.29, 1.82) is 0 Å². The van der Waals surface area contributed by atoms with Gasteiger partial charge in [-0.25, -0.2) is 4.98 Å². The molecule has 0 unspecified atom stereocenters. The molecule has 0 spiro atoms. The molecule has 0 fully saturated rings. The predicted molar refractivity (Wildman–Crippen MR) is 76.2 cm³/mol. The molecular weight excluding hydrogens is 294 g/mol. The van der Waals surface area contributed by atoms with Gasteiger partial charge in [0.1, 0.15) is 0 Å². The first kappa shape index (κ1) is 13.1. The van der Waals surface area contributed by atoms with Crippen molar-refractivity contribution in [2.75, 3.05) is 25.6 Å². The highest BCUT2D eigenvalue weighted by molar-refractivity contribution is 9.10. The van der Waals surface area contributed by atoms with Gasteiger partial charge >= 0.3 is 0 Å². The molecule has 0 aliphatic heterocycles. The number of nitrogens with one attached hydrogen (secondary N) is 1. The van der Waals surface area contributed by atoms with E-state index >= 15 is 0 Å². The molecule has 0 atom stereocenters. The van der Waals surface area contributed by atoms with Crippen molar-refractivity contribution in [3.8, 4) is 5.69 Å². The lowest BCUT2D eigenvalue weighted by Gasteiger charge is -2.09. The van der Waals surface area contributed by atoms with Crippen molar-refractivity contribution in [2.24, 2.45) is 0 Å². The van der Waals surface area contributed by atoms with Gasteiger partial charge in [0.05, 0.1) is 0 Å². The molecule has 0 saturated carbocycles. The van der Waals surface area contributed by atoms with Crippen LogP contribution in [0.25, 0.3) is 5.69 Å². The molecule has 96 valence electrons. The first-order chi connectivity index (χ1) is 8.81. The summed E-state index contributed by atoms with van der Waals surface area (Å²) >= 11 is 3.47. The summed E-state index contributed by atoms with van der Waals surface area (Å²) in [7, 11) is 1.71. The third kappa shape index (κ3) is 3.34. The highest BCUT2D eigenvalue weighted by Crippen LogP contribution is 2.18. The summed E-state index contributed by atoms with van der Waals surface area (Å²) < 4.78 is 8.10. The molecular formula is C13H16BrN3O. The van der Waals surface area contributed by atoms with Gasteiger partial charge in [-0.1, -0.05) is 22.0 Å². The number of anilines is 1. The Labute approximate surface area is 115 Å². The van der Waals surface area contributed by atoms with Crippen LogP contribution in [0.1, 0.15) is 6.42 Å². The van der Waals surface area contributed by atoms with Gasteiger partial charge in [0.15, 0.2) is 0 Å². The highest BCUT2D eigenvalue weighted by Gasteiger charge is 2.04. The van der Waals surface area contributed by atoms with E-state index in [1.165, 1.54) is 0 Å². The van der Waals surface area contributed by atoms with Gasteiger partial charge < -0.3 is 10.1 Å². The number of rotatable bonds is 6. The summed E-state index contributed by atoms with van der Waals surface area (Å²) in [6.45, 7) is 1.60. The summed E-state index contributed by atoms with van der Waals surface area (Å²) in [5, 5.41) is 3.30. The van der Waals surface area contributed by atoms with Crippen molar-refractivity contribution in [2.45, 2.75) is 6.42 Å². The average molecular weight is 310 g/mol. The third-order valence-corrected chi connectivity index (χ3v) is 3.03. The first-order valence-corrected chi connectivity index (χ1v) is 6.62. The molecule has 18 heavy (non-hydrogen) atoms. The van der Waals surface area contributed by atoms with Crippen LogP contribution in [0, 0.1) is 0 Å². The van der Waals surface area contributed by atoms with Gasteiger partial charge in [0.25, 0.3) is 0 Å². The molecule has 2 aromatic rings. The van der Waals surface area contributed by atoms with Crippen LogP contribution in [0.3, 0.4) is 0 Å². The SMILES string of the molecule is COCCCNc1nccn1-c1cccc(Br)c1. The molecule has 0 amide bonds. The van der Waals surface area contributed by atoms with Gasteiger partial charge in [-0.3, -0.25) is 4.57 Å². The third-order valence-electron chi connectivity index (χ3n) is 2.54. The summed E-state index contributed by atoms with van der Waals surface area (Å²) in [6.07, 6.45) is 4.70. The summed E-state index contributed by atoms with van der Waals surface area (Å²) in [6, 6.07) is 8.12. The van der Waals surface area contributed by atoms with Gasteiger partial charge in [-0.05, 0) is 24.6 Å². The molecule has 0 radical (unpaired) electrons. The number of benzene rings is 1. The van der Waals surface area contributed by atoms with E-state index < -0.39 is 0 Å². The smallest absolute Gasteiger partial charge is 0.207 e. The Kier molecular flexibility index (Phi) is 4.78. The van der Waals surface area contributed by atoms with E-state index in [2.05, 4.69) is 32.3 Å². The monoisotopic (exact) mass is 309 g/mol. The van der Waals surface area contributed by atoms with Crippen LogP contribution in [-0.4, -0.2) is 29.8 Å². The molecule has 2 rings (SSSR count). The summed E-state index contributed by atoms with van der Waals surface area (Å²) in [4.78, 5) is 4.32. The van der Waals surface area contributed by atoms with Crippen LogP contribution < -0.4 is 5.32 Å². The lowest BCUT2D eigenvalue weighted by Crippen LogP contribution is -2.09. The molecule has 0 aliphatic rings. The van der Waals surface area contributed by atoms with Crippen molar-refractivity contribution in [3.05, 3.63) is 41.1 Å². The Morgan fingerprint density at radius 1 is 1.44 bits per heavy atom. The van der Waals surface area contributed by atoms with Crippen molar-refractivity contribution in [3.63, 3.8) is 0 Å². The number of halogens is 1. The number of imidazole rings is 1. The minimum atomic E-state index is 0.755. The van der Waals surface area contributed by atoms with E-state index in [4.69, 9.17) is 4.74 Å². The Morgan fingerprint density at radius 3 is 3.11 bits per heavy atom. The Morgan fingerprint density at radius 2 is 2.33 bits per heavy atom. The topological polar surface area (TPSA) is 39.1 Å². The van der Waals surface area contributed by atoms with Crippen LogP contribution in [0.2, 0.25) is 0 Å². The van der Waals surface area contributed by atoms with Crippen molar-refractivity contribution in [1.82, 2.24) is 9.55 Å². The van der Waals surface area contributed by atoms with Crippen LogP contribution >= 0.6 is 15.9 Å². The molecule has 0 saturated heterocycles. The lowest BCUT2D eigenvalue weighted by atomic mass is 10.3. The average Bonchev–Trinajstić information content (AvgIpc) is 2.83. The Bertz CT molecular complexity index is 498. The van der Waals surface area contributed by atoms with Gasteiger partial charge in [-0.15, -0.1) is 0 Å². The zero-order chi connectivity index (χ0) is 12.8. The van der Waals surface area contributed by atoms with Gasteiger partial charge in [-0.2, -0.15) is 0 Å². The zero-order valence-corrected chi connectivity index (χ0v) is 11.9. The molecule has 1 aromatic heterocycles. The molecule has 0 bridgehead atoms. The normalized spacial score (nSPS) is 10.6. The van der Waals surface area contributed by atoms with E-state index in [1.54, 1.807) is 13.3 Å². The fourth-order valence-electron chi connectivity index (χ4n) is 1.69. The Hall–Kier alpha value is -1.33. The number of aromatic nitrogens is 2. The second-order valence-electron chi connectivity index (χ2n) is 3.87. The fraction of sp³-hybridized carbons (Fsp3) is 0.308. The molecule has 1 aromatic carbocycles. The lowest BCUT2D eigenvalue weighted by molar-refractivity contribution is 0.197. The van der Waals surface area contributed by atoms with E-state index in [1.807, 2.05) is 29.0 Å². The summed E-state index contributed by atoms with van der Waals surface area (Å²) in [5.41, 5.74) is 1.08. The van der Waals surface area contributed by atoms with Crippen LogP contribution in [0.5, 0.6) is 0 Å². The quantitative estimate of drug-likeness (QED) is 0.833. The molecule has 5 heteroatoms. The molecule has 1 N–H and O–H groups in total. The van der Waals surface area contributed by atoms with E-state index in [9.17, 15) is 0 Å². The maximum absolute atomic E-state index is 5.02. The van der Waals surface area contributed by atoms with Crippen LogP contribution in [0.4, 0.5) is 5.95 Å². The maximum Gasteiger partial charge on any atom is 0.207 e. The minimum Gasteiger partial charge on any atom is -0.385 e. The number of ether oxygens (including phenoxy) is 1. The molecule has 0 aliphatic carbocycles. The second kappa shape index (κ2) is 6.56. The number of nitrogens with zero attached hydrogens (tertiary/aromatic N) is 2. The predicted octanol–water partition coefficient (Wildman–Crippen LogP) is 3.08. The molecule has 1 heterocycles. The van der Waals surface area contributed by atoms with E-state index in [0.29, 0.717) is 0 Å². The van der Waals surface area contributed by atoms with Gasteiger partial charge in [0, 0.05) is 42.8 Å². The van der Waals surface area contributed by atoms with Crippen LogP contribution in [-0.2, 0) is 4.74 Å². The van der Waals surface area contributed by atoms with E-state index in [0.717, 1.165) is 35.7 Å². The van der Waals surface area contributed by atoms with E-state index in [-0.39, 0.29) is 0 Å². The highest BCUT2D eigenvalue weighted by atomic mass is 79.9. The fourth-order valence-corrected chi connectivity index (χ4v) is 2.07. The number of hydrogen-bond donors (Lipinski definition) is 1. The Balaban J connectivity index is 2.08. The van der Waals surface area contributed by atoms with Crippen molar-refractivity contribution < 1.29 is 4.74 Å². The molecule has 4 nitrogen and oxygen atoms in total. The number of hydrogen-bond acceptors (Lipinski definition) is 3. The summed E-state index contributed by atoms with van der Waals surface area (Å²) in [5.74, 6) is 0.851. The minimum absolute atomic E-state index is 0.755. The van der Waals surface area contributed by atoms with Crippen LogP contribution in [0.15, 0.2) is 41.1 Å². The second-order valence-corrected chi connectivity index (χ2v) is 4.79. The first-order valence-electron chi connectivity index (χ1n) is 5.83. The largest absolute Gasteiger partial charge is 0.385 e.